The normalized spacial score (nSPS) is 16.2. The first-order valence-corrected chi connectivity index (χ1v) is 7.41. The predicted molar refractivity (Wildman–Crippen MR) is 86.9 cm³/mol. The molecular formula is C18H20N2O. The van der Waals surface area contributed by atoms with Crippen molar-refractivity contribution in [3.63, 3.8) is 0 Å². The van der Waals surface area contributed by atoms with Crippen LogP contribution < -0.4 is 10.2 Å². The number of fused-ring (bicyclic) bond motifs is 1. The first-order chi connectivity index (χ1) is 10.2. The third-order valence-electron chi connectivity index (χ3n) is 4.06. The zero-order chi connectivity index (χ0) is 14.8. The van der Waals surface area contributed by atoms with Gasteiger partial charge in [0.05, 0.1) is 5.92 Å². The van der Waals surface area contributed by atoms with Gasteiger partial charge in [-0.1, -0.05) is 35.9 Å². The van der Waals surface area contributed by atoms with E-state index in [0.717, 1.165) is 16.9 Å². The third-order valence-corrected chi connectivity index (χ3v) is 4.06. The maximum absolute atomic E-state index is 12.9. The van der Waals surface area contributed by atoms with Gasteiger partial charge < -0.3 is 10.2 Å². The maximum Gasteiger partial charge on any atom is 0.236 e. The number of benzene rings is 2. The van der Waals surface area contributed by atoms with Crippen LogP contribution in [0.25, 0.3) is 0 Å². The molecule has 0 bridgehead atoms. The van der Waals surface area contributed by atoms with Crippen molar-refractivity contribution >= 4 is 17.3 Å². The van der Waals surface area contributed by atoms with Crippen molar-refractivity contribution in [3.05, 3.63) is 59.7 Å². The molecule has 1 aliphatic heterocycles. The highest BCUT2D eigenvalue weighted by Crippen LogP contribution is 2.33. The molecule has 0 fully saturated rings. The van der Waals surface area contributed by atoms with Gasteiger partial charge in [0, 0.05) is 24.5 Å². The molecule has 21 heavy (non-hydrogen) atoms. The molecule has 1 unspecified atom stereocenters. The fraction of sp³-hybridized carbons (Fsp3) is 0.278. The summed E-state index contributed by atoms with van der Waals surface area (Å²) in [5, 5.41) is 3.32. The van der Waals surface area contributed by atoms with Gasteiger partial charge in [-0.2, -0.15) is 0 Å². The molecular weight excluding hydrogens is 260 g/mol. The summed E-state index contributed by atoms with van der Waals surface area (Å²) in [7, 11) is 0. The van der Waals surface area contributed by atoms with Gasteiger partial charge in [0.1, 0.15) is 0 Å². The highest BCUT2D eigenvalue weighted by Gasteiger charge is 2.31. The average Bonchev–Trinajstić information content (AvgIpc) is 2.94. The van der Waals surface area contributed by atoms with E-state index in [2.05, 4.69) is 12.2 Å². The molecule has 1 heterocycles. The van der Waals surface area contributed by atoms with Crippen molar-refractivity contribution in [1.29, 1.82) is 0 Å². The van der Waals surface area contributed by atoms with Crippen molar-refractivity contribution in [2.45, 2.75) is 19.8 Å². The van der Waals surface area contributed by atoms with Gasteiger partial charge in [-0.15, -0.1) is 0 Å². The number of nitrogens with one attached hydrogen (secondary N) is 1. The Bertz CT molecular complexity index is 649. The molecule has 0 saturated carbocycles. The molecule has 0 radical (unpaired) electrons. The first kappa shape index (κ1) is 13.7. The highest BCUT2D eigenvalue weighted by molar-refractivity contribution is 6.00. The van der Waals surface area contributed by atoms with Crippen LogP contribution in [0.3, 0.4) is 0 Å². The van der Waals surface area contributed by atoms with E-state index in [-0.39, 0.29) is 11.8 Å². The van der Waals surface area contributed by atoms with E-state index in [1.54, 1.807) is 0 Å². The Morgan fingerprint density at radius 2 is 1.90 bits per heavy atom. The summed E-state index contributed by atoms with van der Waals surface area (Å²) >= 11 is 0. The van der Waals surface area contributed by atoms with Crippen molar-refractivity contribution < 1.29 is 4.79 Å². The Labute approximate surface area is 125 Å². The fourth-order valence-corrected chi connectivity index (χ4v) is 2.88. The van der Waals surface area contributed by atoms with Crippen LogP contribution in [0, 0.1) is 6.92 Å². The third kappa shape index (κ3) is 2.51. The Morgan fingerprint density at radius 3 is 2.62 bits per heavy atom. The standard InChI is InChI=1S/C18H20N2O/c1-3-20(14-10-8-13(2)9-11-14)18(21)16-12-19-17-7-5-4-6-15(16)17/h4-11,16,19H,3,12H2,1-2H3. The lowest BCUT2D eigenvalue weighted by atomic mass is 9.99. The minimum Gasteiger partial charge on any atom is -0.384 e. The molecule has 3 heteroatoms. The number of aryl methyl sites for hydroxylation is 1. The van der Waals surface area contributed by atoms with E-state index in [1.165, 1.54) is 5.56 Å². The zero-order valence-corrected chi connectivity index (χ0v) is 12.5. The van der Waals surface area contributed by atoms with E-state index in [9.17, 15) is 4.79 Å². The van der Waals surface area contributed by atoms with Gasteiger partial charge >= 0.3 is 0 Å². The topological polar surface area (TPSA) is 32.3 Å². The summed E-state index contributed by atoms with van der Waals surface area (Å²) in [6.07, 6.45) is 0. The molecule has 0 aromatic heterocycles. The van der Waals surface area contributed by atoms with Gasteiger partial charge in [-0.3, -0.25) is 4.79 Å². The van der Waals surface area contributed by atoms with Crippen LogP contribution >= 0.6 is 0 Å². The molecule has 0 aliphatic carbocycles. The molecule has 1 aliphatic rings. The van der Waals surface area contributed by atoms with Crippen LogP contribution in [0.1, 0.15) is 24.0 Å². The molecule has 2 aromatic carbocycles. The molecule has 3 rings (SSSR count). The largest absolute Gasteiger partial charge is 0.384 e. The molecule has 3 nitrogen and oxygen atoms in total. The average molecular weight is 280 g/mol. The number of carbonyl (C=O) groups excluding carboxylic acids is 1. The predicted octanol–water partition coefficient (Wildman–Crippen LogP) is 3.56. The first-order valence-electron chi connectivity index (χ1n) is 7.41. The van der Waals surface area contributed by atoms with Gasteiger partial charge in [0.25, 0.3) is 0 Å². The summed E-state index contributed by atoms with van der Waals surface area (Å²) in [4.78, 5) is 14.8. The zero-order valence-electron chi connectivity index (χ0n) is 12.5. The molecule has 1 N–H and O–H groups in total. The van der Waals surface area contributed by atoms with E-state index in [4.69, 9.17) is 0 Å². The summed E-state index contributed by atoms with van der Waals surface area (Å²) in [6, 6.07) is 16.2. The van der Waals surface area contributed by atoms with Crippen molar-refractivity contribution in [3.8, 4) is 0 Å². The van der Waals surface area contributed by atoms with E-state index in [1.807, 2.05) is 60.4 Å². The van der Waals surface area contributed by atoms with Crippen LogP contribution in [0.4, 0.5) is 11.4 Å². The molecule has 0 spiro atoms. The van der Waals surface area contributed by atoms with Gasteiger partial charge in [-0.25, -0.2) is 0 Å². The monoisotopic (exact) mass is 280 g/mol. The molecule has 2 aromatic rings. The number of likely N-dealkylation sites (N-methyl/N-ethyl adjacent to an activating group) is 1. The minimum absolute atomic E-state index is 0.0950. The van der Waals surface area contributed by atoms with Crippen molar-refractivity contribution in [1.82, 2.24) is 0 Å². The molecule has 1 amide bonds. The Morgan fingerprint density at radius 1 is 1.19 bits per heavy atom. The Balaban J connectivity index is 1.88. The lowest BCUT2D eigenvalue weighted by molar-refractivity contribution is -0.119. The number of hydrogen-bond donors (Lipinski definition) is 1. The second-order valence-corrected chi connectivity index (χ2v) is 5.44. The van der Waals surface area contributed by atoms with Crippen LogP contribution in [-0.2, 0) is 4.79 Å². The summed E-state index contributed by atoms with van der Waals surface area (Å²) in [5.74, 6) is 0.0706. The minimum atomic E-state index is -0.0950. The summed E-state index contributed by atoms with van der Waals surface area (Å²) in [5.41, 5.74) is 4.36. The Hall–Kier alpha value is -2.29. The number of carbonyl (C=O) groups is 1. The SMILES string of the molecule is CCN(C(=O)C1CNc2ccccc21)c1ccc(C)cc1. The highest BCUT2D eigenvalue weighted by atomic mass is 16.2. The maximum atomic E-state index is 12.9. The van der Waals surface area contributed by atoms with Crippen molar-refractivity contribution in [2.24, 2.45) is 0 Å². The van der Waals surface area contributed by atoms with Gasteiger partial charge in [-0.05, 0) is 37.6 Å². The number of hydrogen-bond acceptors (Lipinski definition) is 2. The second kappa shape index (κ2) is 5.60. The lowest BCUT2D eigenvalue weighted by Crippen LogP contribution is -2.35. The van der Waals surface area contributed by atoms with Crippen LogP contribution in [0.5, 0.6) is 0 Å². The quantitative estimate of drug-likeness (QED) is 0.932. The number of nitrogens with zero attached hydrogens (tertiary/aromatic N) is 1. The number of para-hydroxylation sites is 1. The van der Waals surface area contributed by atoms with Gasteiger partial charge in [0.2, 0.25) is 5.91 Å². The molecule has 0 saturated heterocycles. The van der Waals surface area contributed by atoms with E-state index < -0.39 is 0 Å². The molecule has 1 atom stereocenters. The lowest BCUT2D eigenvalue weighted by Gasteiger charge is -2.24. The number of anilines is 2. The Kier molecular flexibility index (Phi) is 3.65. The van der Waals surface area contributed by atoms with Gasteiger partial charge in [0.15, 0.2) is 0 Å². The summed E-state index contributed by atoms with van der Waals surface area (Å²) in [6.45, 7) is 5.44. The van der Waals surface area contributed by atoms with E-state index in [0.29, 0.717) is 13.1 Å². The number of rotatable bonds is 3. The number of amides is 1. The second-order valence-electron chi connectivity index (χ2n) is 5.44. The smallest absolute Gasteiger partial charge is 0.236 e. The fourth-order valence-electron chi connectivity index (χ4n) is 2.88. The van der Waals surface area contributed by atoms with Crippen LogP contribution in [-0.4, -0.2) is 19.0 Å². The van der Waals surface area contributed by atoms with Crippen LogP contribution in [0.15, 0.2) is 48.5 Å². The van der Waals surface area contributed by atoms with Crippen LogP contribution in [0.2, 0.25) is 0 Å². The molecule has 108 valence electrons. The van der Waals surface area contributed by atoms with E-state index >= 15 is 0 Å². The summed E-state index contributed by atoms with van der Waals surface area (Å²) < 4.78 is 0. The van der Waals surface area contributed by atoms with Crippen molar-refractivity contribution in [2.75, 3.05) is 23.3 Å².